The van der Waals surface area contributed by atoms with Crippen LogP contribution in [0.5, 0.6) is 0 Å². The molecule has 0 saturated carbocycles. The molecule has 0 radical (unpaired) electrons. The zero-order chi connectivity index (χ0) is 7.98. The van der Waals surface area contributed by atoms with Crippen LogP contribution in [0.1, 0.15) is 26.7 Å². The van der Waals surface area contributed by atoms with Crippen molar-refractivity contribution in [1.29, 1.82) is 0 Å². The molecular formula is C8H16O2. The Kier molecular flexibility index (Phi) is 5.22. The molecule has 60 valence electrons. The third-order valence-corrected chi connectivity index (χ3v) is 2.08. The van der Waals surface area contributed by atoms with Gasteiger partial charge in [-0.3, -0.25) is 0 Å². The van der Waals surface area contributed by atoms with Gasteiger partial charge in [-0.1, -0.05) is 20.3 Å². The summed E-state index contributed by atoms with van der Waals surface area (Å²) in [5, 5.41) is 8.80. The molecule has 0 rings (SSSR count). The van der Waals surface area contributed by atoms with E-state index in [9.17, 15) is 4.79 Å². The summed E-state index contributed by atoms with van der Waals surface area (Å²) in [6, 6.07) is 0. The van der Waals surface area contributed by atoms with E-state index >= 15 is 0 Å². The van der Waals surface area contributed by atoms with Gasteiger partial charge in [0.05, 0.1) is 0 Å². The molecule has 0 fully saturated rings. The molecule has 0 aromatic rings. The molecule has 0 aromatic carbocycles. The van der Waals surface area contributed by atoms with Crippen molar-refractivity contribution in [2.75, 3.05) is 6.61 Å². The molecular weight excluding hydrogens is 128 g/mol. The zero-order valence-electron chi connectivity index (χ0n) is 6.71. The summed E-state index contributed by atoms with van der Waals surface area (Å²) in [6.45, 7) is 4.26. The van der Waals surface area contributed by atoms with Gasteiger partial charge in [-0.25, -0.2) is 0 Å². The first-order valence-corrected chi connectivity index (χ1v) is 3.80. The fourth-order valence-electron chi connectivity index (χ4n) is 0.944. The minimum Gasteiger partial charge on any atom is -0.396 e. The molecule has 2 atom stereocenters. The highest BCUT2D eigenvalue weighted by molar-refractivity contribution is 5.49. The largest absolute Gasteiger partial charge is 0.396 e. The predicted octanol–water partition coefficient (Wildman–Crippen LogP) is 1.23. The highest BCUT2D eigenvalue weighted by atomic mass is 16.3. The summed E-state index contributed by atoms with van der Waals surface area (Å²) in [5.41, 5.74) is 0. The van der Waals surface area contributed by atoms with E-state index in [2.05, 4.69) is 13.8 Å². The van der Waals surface area contributed by atoms with Gasteiger partial charge in [-0.2, -0.15) is 0 Å². The van der Waals surface area contributed by atoms with Crippen molar-refractivity contribution in [2.45, 2.75) is 26.7 Å². The van der Waals surface area contributed by atoms with Crippen molar-refractivity contribution < 1.29 is 9.90 Å². The molecule has 0 amide bonds. The van der Waals surface area contributed by atoms with Crippen molar-refractivity contribution in [3.05, 3.63) is 0 Å². The maximum absolute atomic E-state index is 10.1. The molecule has 1 N–H and O–H groups in total. The van der Waals surface area contributed by atoms with Gasteiger partial charge in [0.25, 0.3) is 0 Å². The van der Waals surface area contributed by atoms with Crippen molar-refractivity contribution in [2.24, 2.45) is 11.8 Å². The summed E-state index contributed by atoms with van der Waals surface area (Å²) in [6.07, 6.45) is 2.40. The van der Waals surface area contributed by atoms with Crippen LogP contribution in [-0.2, 0) is 4.79 Å². The topological polar surface area (TPSA) is 37.3 Å². The van der Waals surface area contributed by atoms with Crippen molar-refractivity contribution in [3.63, 3.8) is 0 Å². The van der Waals surface area contributed by atoms with E-state index in [1.54, 1.807) is 0 Å². The van der Waals surface area contributed by atoms with Crippen LogP contribution >= 0.6 is 0 Å². The lowest BCUT2D eigenvalue weighted by atomic mass is 9.90. The SMILES string of the molecule is CC[C@H](C)C(CO)CC=O. The van der Waals surface area contributed by atoms with Crippen LogP contribution in [-0.4, -0.2) is 18.0 Å². The van der Waals surface area contributed by atoms with Crippen LogP contribution in [0.25, 0.3) is 0 Å². The lowest BCUT2D eigenvalue weighted by Gasteiger charge is -2.17. The maximum Gasteiger partial charge on any atom is 0.120 e. The van der Waals surface area contributed by atoms with Crippen LogP contribution < -0.4 is 0 Å². The van der Waals surface area contributed by atoms with Gasteiger partial charge in [0, 0.05) is 13.0 Å². The Hall–Kier alpha value is -0.370. The number of aliphatic hydroxyl groups is 1. The second-order valence-corrected chi connectivity index (χ2v) is 2.73. The molecule has 0 aliphatic heterocycles. The van der Waals surface area contributed by atoms with Crippen molar-refractivity contribution >= 4 is 6.29 Å². The first-order valence-electron chi connectivity index (χ1n) is 3.80. The molecule has 2 nitrogen and oxygen atoms in total. The third-order valence-electron chi connectivity index (χ3n) is 2.08. The minimum absolute atomic E-state index is 0.133. The second kappa shape index (κ2) is 5.42. The Balaban J connectivity index is 3.67. The van der Waals surface area contributed by atoms with Crippen LogP contribution in [0.4, 0.5) is 0 Å². The highest BCUT2D eigenvalue weighted by Crippen LogP contribution is 2.16. The highest BCUT2D eigenvalue weighted by Gasteiger charge is 2.13. The van der Waals surface area contributed by atoms with Gasteiger partial charge in [-0.15, -0.1) is 0 Å². The second-order valence-electron chi connectivity index (χ2n) is 2.73. The standard InChI is InChI=1S/C8H16O2/c1-3-7(2)8(6-10)4-5-9/h5,7-8,10H,3-4,6H2,1-2H3/t7-,8?/m0/s1. The van der Waals surface area contributed by atoms with Gasteiger partial charge in [0.1, 0.15) is 6.29 Å². The van der Waals surface area contributed by atoms with Crippen LogP contribution in [0.2, 0.25) is 0 Å². The normalized spacial score (nSPS) is 16.3. The minimum atomic E-state index is 0.133. The molecule has 0 bridgehead atoms. The van der Waals surface area contributed by atoms with Crippen LogP contribution in [0.15, 0.2) is 0 Å². The van der Waals surface area contributed by atoms with E-state index < -0.39 is 0 Å². The van der Waals surface area contributed by atoms with Gasteiger partial charge in [0.2, 0.25) is 0 Å². The Labute approximate surface area is 62.2 Å². The van der Waals surface area contributed by atoms with E-state index in [1.165, 1.54) is 0 Å². The molecule has 0 saturated heterocycles. The lowest BCUT2D eigenvalue weighted by Crippen LogP contribution is -2.15. The summed E-state index contributed by atoms with van der Waals surface area (Å²) in [5.74, 6) is 0.623. The number of aldehydes is 1. The molecule has 10 heavy (non-hydrogen) atoms. The molecule has 1 unspecified atom stereocenters. The molecule has 2 heteroatoms. The molecule has 0 aliphatic rings. The number of hydrogen-bond acceptors (Lipinski definition) is 2. The summed E-state index contributed by atoms with van der Waals surface area (Å²) in [7, 11) is 0. The zero-order valence-corrected chi connectivity index (χ0v) is 6.71. The van der Waals surface area contributed by atoms with E-state index in [1.807, 2.05) is 0 Å². The molecule has 0 heterocycles. The summed E-state index contributed by atoms with van der Waals surface area (Å²) >= 11 is 0. The fraction of sp³-hybridized carbons (Fsp3) is 0.875. The Morgan fingerprint density at radius 1 is 1.60 bits per heavy atom. The third kappa shape index (κ3) is 2.97. The van der Waals surface area contributed by atoms with Gasteiger partial charge in [-0.05, 0) is 11.8 Å². The number of aliphatic hydroxyl groups excluding tert-OH is 1. The van der Waals surface area contributed by atoms with Crippen molar-refractivity contribution in [1.82, 2.24) is 0 Å². The lowest BCUT2D eigenvalue weighted by molar-refractivity contribution is -0.109. The summed E-state index contributed by atoms with van der Waals surface area (Å²) in [4.78, 5) is 10.1. The van der Waals surface area contributed by atoms with Gasteiger partial charge < -0.3 is 9.90 Å². The molecule has 0 aromatic heterocycles. The number of rotatable bonds is 5. The van der Waals surface area contributed by atoms with E-state index in [4.69, 9.17) is 5.11 Å². The smallest absolute Gasteiger partial charge is 0.120 e. The predicted molar refractivity (Wildman–Crippen MR) is 40.7 cm³/mol. The Morgan fingerprint density at radius 2 is 2.20 bits per heavy atom. The maximum atomic E-state index is 10.1. The molecule has 0 aliphatic carbocycles. The van der Waals surface area contributed by atoms with Crippen molar-refractivity contribution in [3.8, 4) is 0 Å². The van der Waals surface area contributed by atoms with E-state index in [-0.39, 0.29) is 12.5 Å². The summed E-state index contributed by atoms with van der Waals surface area (Å²) < 4.78 is 0. The van der Waals surface area contributed by atoms with Gasteiger partial charge in [0.15, 0.2) is 0 Å². The van der Waals surface area contributed by atoms with Crippen LogP contribution in [0.3, 0.4) is 0 Å². The first-order chi connectivity index (χ1) is 4.76. The first kappa shape index (κ1) is 9.63. The van der Waals surface area contributed by atoms with Crippen LogP contribution in [0, 0.1) is 11.8 Å². The average molecular weight is 144 g/mol. The number of carbonyl (C=O) groups excluding carboxylic acids is 1. The Morgan fingerprint density at radius 3 is 2.50 bits per heavy atom. The monoisotopic (exact) mass is 144 g/mol. The average Bonchev–Trinajstić information content (AvgIpc) is 1.99. The fourth-order valence-corrected chi connectivity index (χ4v) is 0.944. The molecule has 0 spiro atoms. The number of carbonyl (C=O) groups is 1. The number of hydrogen-bond donors (Lipinski definition) is 1. The quantitative estimate of drug-likeness (QED) is 0.589. The Bertz CT molecular complexity index is 91.3. The van der Waals surface area contributed by atoms with E-state index in [0.29, 0.717) is 12.3 Å². The van der Waals surface area contributed by atoms with Gasteiger partial charge >= 0.3 is 0 Å². The van der Waals surface area contributed by atoms with E-state index in [0.717, 1.165) is 12.7 Å².